The van der Waals surface area contributed by atoms with E-state index in [1.807, 2.05) is 0 Å². The molecule has 0 spiro atoms. The molecule has 0 saturated carbocycles. The number of nitrogens with zero attached hydrogens (tertiary/aromatic N) is 1. The minimum atomic E-state index is 0.368. The molecule has 0 aromatic rings. The Labute approximate surface area is 79.8 Å². The van der Waals surface area contributed by atoms with Crippen LogP contribution in [-0.2, 0) is 4.79 Å². The zero-order chi connectivity index (χ0) is 9.90. The van der Waals surface area contributed by atoms with E-state index in [2.05, 4.69) is 31.8 Å². The maximum absolute atomic E-state index is 10.0. The summed E-state index contributed by atoms with van der Waals surface area (Å²) in [6.07, 6.45) is 6.78. The second-order valence-corrected chi connectivity index (χ2v) is 4.74. The minimum Gasteiger partial charge on any atom is -0.211 e. The lowest BCUT2D eigenvalue weighted by molar-refractivity contribution is 0.220. The molecule has 0 fully saturated rings. The molecule has 0 heterocycles. The first-order chi connectivity index (χ1) is 6.04. The summed E-state index contributed by atoms with van der Waals surface area (Å²) in [6.45, 7) is 6.79. The van der Waals surface area contributed by atoms with Crippen LogP contribution in [0.3, 0.4) is 0 Å². The molecule has 1 aliphatic rings. The summed E-state index contributed by atoms with van der Waals surface area (Å²) in [7, 11) is 0. The highest BCUT2D eigenvalue weighted by molar-refractivity contribution is 5.37. The number of hydrogen-bond donors (Lipinski definition) is 0. The van der Waals surface area contributed by atoms with Gasteiger partial charge in [-0.05, 0) is 30.6 Å². The second kappa shape index (κ2) is 3.89. The Balaban J connectivity index is 2.61. The predicted octanol–water partition coefficient (Wildman–Crippen LogP) is 3.05. The molecule has 0 aliphatic heterocycles. The summed E-state index contributed by atoms with van der Waals surface area (Å²) >= 11 is 0. The molecule has 0 N–H and O–H groups in total. The van der Waals surface area contributed by atoms with Crippen molar-refractivity contribution in [2.45, 2.75) is 40.0 Å². The molecule has 0 saturated heterocycles. The van der Waals surface area contributed by atoms with Crippen LogP contribution in [0.15, 0.2) is 16.8 Å². The molecule has 1 rings (SSSR count). The zero-order valence-corrected chi connectivity index (χ0v) is 8.63. The van der Waals surface area contributed by atoms with Gasteiger partial charge < -0.3 is 0 Å². The first kappa shape index (κ1) is 10.2. The molecule has 1 aliphatic carbocycles. The molecule has 13 heavy (non-hydrogen) atoms. The number of hydrogen-bond acceptors (Lipinski definition) is 2. The molecule has 0 radical (unpaired) electrons. The van der Waals surface area contributed by atoms with E-state index in [1.165, 1.54) is 0 Å². The van der Waals surface area contributed by atoms with Gasteiger partial charge in [0, 0.05) is 5.70 Å². The maximum atomic E-state index is 10.0. The standard InChI is InChI=1S/C11H17NO/c1-11(2,3)9-4-6-10(7-5-9)12-8-13/h6,9H,4-5,7H2,1-3H3. The molecule has 72 valence electrons. The van der Waals surface area contributed by atoms with E-state index in [9.17, 15) is 4.79 Å². The Hall–Kier alpha value is -0.880. The fourth-order valence-corrected chi connectivity index (χ4v) is 1.77. The molecule has 2 heteroatoms. The molecular formula is C11H17NO. The smallest absolute Gasteiger partial charge is 0.211 e. The van der Waals surface area contributed by atoms with Crippen molar-refractivity contribution in [2.75, 3.05) is 0 Å². The highest BCUT2D eigenvalue weighted by Gasteiger charge is 2.25. The predicted molar refractivity (Wildman–Crippen MR) is 53.0 cm³/mol. The van der Waals surface area contributed by atoms with Crippen LogP contribution in [0, 0.1) is 11.3 Å². The van der Waals surface area contributed by atoms with E-state index >= 15 is 0 Å². The first-order valence-electron chi connectivity index (χ1n) is 4.81. The van der Waals surface area contributed by atoms with E-state index in [1.54, 1.807) is 6.08 Å². The van der Waals surface area contributed by atoms with E-state index in [-0.39, 0.29) is 0 Å². The summed E-state index contributed by atoms with van der Waals surface area (Å²) in [5, 5.41) is 0. The van der Waals surface area contributed by atoms with Gasteiger partial charge >= 0.3 is 0 Å². The normalized spacial score (nSPS) is 23.3. The third-order valence-electron chi connectivity index (χ3n) is 2.80. The fourth-order valence-electron chi connectivity index (χ4n) is 1.77. The SMILES string of the molecule is CC(C)(C)C1CC=C(N=C=O)CC1. The topological polar surface area (TPSA) is 29.4 Å². The van der Waals surface area contributed by atoms with Gasteiger partial charge in [-0.25, -0.2) is 4.79 Å². The molecule has 0 amide bonds. The van der Waals surface area contributed by atoms with E-state index in [0.29, 0.717) is 5.41 Å². The molecule has 0 bridgehead atoms. The largest absolute Gasteiger partial charge is 0.240 e. The minimum absolute atomic E-state index is 0.368. The van der Waals surface area contributed by atoms with E-state index in [4.69, 9.17) is 0 Å². The molecule has 1 atom stereocenters. The summed E-state index contributed by atoms with van der Waals surface area (Å²) in [5.74, 6) is 0.720. The van der Waals surface area contributed by atoms with Crippen LogP contribution < -0.4 is 0 Å². The van der Waals surface area contributed by atoms with Crippen LogP contribution in [0.2, 0.25) is 0 Å². The summed E-state index contributed by atoms with van der Waals surface area (Å²) in [5.41, 5.74) is 1.28. The van der Waals surface area contributed by atoms with Crippen molar-refractivity contribution >= 4 is 6.08 Å². The zero-order valence-electron chi connectivity index (χ0n) is 8.63. The highest BCUT2D eigenvalue weighted by Crippen LogP contribution is 2.37. The van der Waals surface area contributed by atoms with Gasteiger partial charge in [-0.15, -0.1) is 0 Å². The lowest BCUT2D eigenvalue weighted by atomic mass is 9.74. The van der Waals surface area contributed by atoms with Gasteiger partial charge in [0.1, 0.15) is 0 Å². The third kappa shape index (κ3) is 2.82. The molecule has 0 aromatic carbocycles. The average molecular weight is 179 g/mol. The quantitative estimate of drug-likeness (QED) is 0.449. The average Bonchev–Trinajstić information content (AvgIpc) is 2.04. The first-order valence-corrected chi connectivity index (χ1v) is 4.81. The Morgan fingerprint density at radius 3 is 2.62 bits per heavy atom. The van der Waals surface area contributed by atoms with Gasteiger partial charge in [-0.3, -0.25) is 0 Å². The third-order valence-corrected chi connectivity index (χ3v) is 2.80. The Kier molecular flexibility index (Phi) is 3.05. The van der Waals surface area contributed by atoms with Gasteiger partial charge in [0.05, 0.1) is 0 Å². The lowest BCUT2D eigenvalue weighted by Gasteiger charge is -2.32. The lowest BCUT2D eigenvalue weighted by Crippen LogP contribution is -2.21. The van der Waals surface area contributed by atoms with Gasteiger partial charge in [0.2, 0.25) is 6.08 Å². The van der Waals surface area contributed by atoms with Crippen LogP contribution in [-0.4, -0.2) is 6.08 Å². The van der Waals surface area contributed by atoms with Crippen molar-refractivity contribution in [3.63, 3.8) is 0 Å². The van der Waals surface area contributed by atoms with E-state index < -0.39 is 0 Å². The summed E-state index contributed by atoms with van der Waals surface area (Å²) < 4.78 is 0. The number of isocyanates is 1. The van der Waals surface area contributed by atoms with Crippen LogP contribution >= 0.6 is 0 Å². The number of carbonyl (C=O) groups excluding carboxylic acids is 1. The summed E-state index contributed by atoms with van der Waals surface area (Å²) in [4.78, 5) is 13.7. The Morgan fingerprint density at radius 1 is 1.54 bits per heavy atom. The second-order valence-electron chi connectivity index (χ2n) is 4.74. The van der Waals surface area contributed by atoms with Crippen LogP contribution in [0.1, 0.15) is 40.0 Å². The summed E-state index contributed by atoms with van der Waals surface area (Å²) in [6, 6.07) is 0. The van der Waals surface area contributed by atoms with Gasteiger partial charge in [-0.1, -0.05) is 26.8 Å². The molecule has 2 nitrogen and oxygen atoms in total. The van der Waals surface area contributed by atoms with Crippen molar-refractivity contribution in [1.82, 2.24) is 0 Å². The van der Waals surface area contributed by atoms with Gasteiger partial charge in [0.25, 0.3) is 0 Å². The van der Waals surface area contributed by atoms with Gasteiger partial charge in [-0.2, -0.15) is 4.99 Å². The van der Waals surface area contributed by atoms with Crippen molar-refractivity contribution in [1.29, 1.82) is 0 Å². The van der Waals surface area contributed by atoms with Crippen LogP contribution in [0.4, 0.5) is 0 Å². The van der Waals surface area contributed by atoms with Crippen molar-refractivity contribution < 1.29 is 4.79 Å². The number of aliphatic imine (C=N–C) groups is 1. The van der Waals surface area contributed by atoms with Crippen molar-refractivity contribution in [3.05, 3.63) is 11.8 Å². The molecule has 1 unspecified atom stereocenters. The maximum Gasteiger partial charge on any atom is 0.240 e. The van der Waals surface area contributed by atoms with Gasteiger partial charge in [0.15, 0.2) is 0 Å². The molecular weight excluding hydrogens is 162 g/mol. The van der Waals surface area contributed by atoms with Crippen LogP contribution in [0.5, 0.6) is 0 Å². The number of rotatable bonds is 1. The van der Waals surface area contributed by atoms with Crippen molar-refractivity contribution in [3.8, 4) is 0 Å². The number of allylic oxidation sites excluding steroid dienone is 2. The Morgan fingerprint density at radius 2 is 2.23 bits per heavy atom. The van der Waals surface area contributed by atoms with Crippen LogP contribution in [0.25, 0.3) is 0 Å². The Bertz CT molecular complexity index is 254. The monoisotopic (exact) mass is 179 g/mol. The fraction of sp³-hybridized carbons (Fsp3) is 0.727. The van der Waals surface area contributed by atoms with Crippen molar-refractivity contribution in [2.24, 2.45) is 16.3 Å². The molecule has 0 aromatic heterocycles. The highest BCUT2D eigenvalue weighted by atomic mass is 16.1. The van der Waals surface area contributed by atoms with E-state index in [0.717, 1.165) is 30.9 Å².